The molecule has 1 aromatic rings. The van der Waals surface area contributed by atoms with Crippen LogP contribution in [-0.2, 0) is 0 Å². The van der Waals surface area contributed by atoms with E-state index in [2.05, 4.69) is 4.90 Å². The van der Waals surface area contributed by atoms with Gasteiger partial charge in [0, 0.05) is 25.1 Å². The summed E-state index contributed by atoms with van der Waals surface area (Å²) in [7, 11) is 2.04. The number of aliphatic hydroxyl groups is 1. The van der Waals surface area contributed by atoms with Crippen LogP contribution in [0.3, 0.4) is 0 Å². The predicted molar refractivity (Wildman–Crippen MR) is 78.6 cm³/mol. The molecule has 0 saturated heterocycles. The van der Waals surface area contributed by atoms with Crippen molar-refractivity contribution >= 4 is 5.78 Å². The monoisotopic (exact) mass is 263 g/mol. The summed E-state index contributed by atoms with van der Waals surface area (Å²) in [4.78, 5) is 14.2. The molecule has 1 rings (SSSR count). The van der Waals surface area contributed by atoms with E-state index in [1.807, 2.05) is 38.2 Å². The van der Waals surface area contributed by atoms with Gasteiger partial charge in [0.25, 0.3) is 0 Å². The van der Waals surface area contributed by atoms with Gasteiger partial charge in [-0.2, -0.15) is 0 Å². The van der Waals surface area contributed by atoms with Gasteiger partial charge < -0.3 is 10.0 Å². The molecular formula is C16H25NO2. The van der Waals surface area contributed by atoms with Crippen molar-refractivity contribution in [3.8, 4) is 0 Å². The molecule has 106 valence electrons. The normalized spacial score (nSPS) is 10.9. The molecule has 3 heteroatoms. The van der Waals surface area contributed by atoms with E-state index in [1.165, 1.54) is 0 Å². The zero-order valence-electron chi connectivity index (χ0n) is 12.1. The van der Waals surface area contributed by atoms with Crippen LogP contribution in [0.25, 0.3) is 0 Å². The molecule has 0 aliphatic heterocycles. The Kier molecular flexibility index (Phi) is 7.38. The number of carbonyl (C=O) groups is 1. The van der Waals surface area contributed by atoms with Crippen LogP contribution in [0.15, 0.2) is 24.3 Å². The zero-order valence-corrected chi connectivity index (χ0v) is 12.1. The number of carbonyl (C=O) groups excluding carboxylic acids is 1. The number of aryl methyl sites for hydroxylation is 1. The Bertz CT molecular complexity index is 390. The van der Waals surface area contributed by atoms with Crippen LogP contribution in [0.1, 0.15) is 41.6 Å². The van der Waals surface area contributed by atoms with Gasteiger partial charge in [0.1, 0.15) is 0 Å². The second-order valence-corrected chi connectivity index (χ2v) is 5.13. The minimum atomic E-state index is 0.214. The number of hydrogen-bond acceptors (Lipinski definition) is 3. The molecule has 1 N–H and O–H groups in total. The molecule has 0 fully saturated rings. The quantitative estimate of drug-likeness (QED) is 0.550. The Morgan fingerprint density at radius 3 is 2.68 bits per heavy atom. The lowest BCUT2D eigenvalue weighted by molar-refractivity contribution is 0.0968. The van der Waals surface area contributed by atoms with Crippen LogP contribution in [0.4, 0.5) is 0 Å². The standard InChI is InChI=1S/C16H25NO2/c1-14-7-6-8-15(13-14)16(19)9-11-17(2)10-4-3-5-12-18/h6-8,13,18H,3-5,9-12H2,1-2H3. The van der Waals surface area contributed by atoms with Gasteiger partial charge in [-0.3, -0.25) is 4.79 Å². The van der Waals surface area contributed by atoms with Crippen LogP contribution in [0.2, 0.25) is 0 Å². The number of Topliss-reactive ketones (excluding diaryl/α,β-unsaturated/α-hetero) is 1. The number of aliphatic hydroxyl groups excluding tert-OH is 1. The minimum absolute atomic E-state index is 0.214. The molecule has 3 nitrogen and oxygen atoms in total. The fourth-order valence-corrected chi connectivity index (χ4v) is 2.04. The van der Waals surface area contributed by atoms with Crippen LogP contribution in [0, 0.1) is 6.92 Å². The molecule has 1 aromatic carbocycles. The highest BCUT2D eigenvalue weighted by Crippen LogP contribution is 2.07. The molecule has 0 unspecified atom stereocenters. The molecule has 0 radical (unpaired) electrons. The van der Waals surface area contributed by atoms with Crippen LogP contribution >= 0.6 is 0 Å². The summed E-state index contributed by atoms with van der Waals surface area (Å²) >= 11 is 0. The van der Waals surface area contributed by atoms with Crippen LogP contribution in [-0.4, -0.2) is 42.5 Å². The van der Waals surface area contributed by atoms with Crippen molar-refractivity contribution in [1.29, 1.82) is 0 Å². The summed E-state index contributed by atoms with van der Waals surface area (Å²) < 4.78 is 0. The number of ketones is 1. The predicted octanol–water partition coefficient (Wildman–Crippen LogP) is 2.66. The molecule has 19 heavy (non-hydrogen) atoms. The van der Waals surface area contributed by atoms with E-state index in [4.69, 9.17) is 5.11 Å². The van der Waals surface area contributed by atoms with Gasteiger partial charge in [0.15, 0.2) is 5.78 Å². The largest absolute Gasteiger partial charge is 0.396 e. The van der Waals surface area contributed by atoms with Crippen LogP contribution in [0.5, 0.6) is 0 Å². The second kappa shape index (κ2) is 8.83. The van der Waals surface area contributed by atoms with Gasteiger partial charge in [-0.05, 0) is 45.8 Å². The molecule has 0 heterocycles. The summed E-state index contributed by atoms with van der Waals surface area (Å²) in [5.74, 6) is 0.214. The average Bonchev–Trinajstić information content (AvgIpc) is 2.41. The van der Waals surface area contributed by atoms with Gasteiger partial charge in [-0.15, -0.1) is 0 Å². The number of nitrogens with zero attached hydrogens (tertiary/aromatic N) is 1. The van der Waals surface area contributed by atoms with Gasteiger partial charge in [-0.25, -0.2) is 0 Å². The number of rotatable bonds is 9. The number of hydrogen-bond donors (Lipinski definition) is 1. The van der Waals surface area contributed by atoms with E-state index in [0.29, 0.717) is 6.42 Å². The van der Waals surface area contributed by atoms with Crippen molar-refractivity contribution in [2.24, 2.45) is 0 Å². The highest BCUT2D eigenvalue weighted by Gasteiger charge is 2.07. The van der Waals surface area contributed by atoms with Crippen molar-refractivity contribution in [1.82, 2.24) is 4.90 Å². The van der Waals surface area contributed by atoms with Crippen molar-refractivity contribution < 1.29 is 9.90 Å². The maximum atomic E-state index is 12.0. The first-order valence-corrected chi connectivity index (χ1v) is 7.02. The minimum Gasteiger partial charge on any atom is -0.396 e. The van der Waals surface area contributed by atoms with Gasteiger partial charge in [0.05, 0.1) is 0 Å². The number of benzene rings is 1. The molecule has 0 aliphatic carbocycles. The first kappa shape index (κ1) is 15.9. The Hall–Kier alpha value is -1.19. The third kappa shape index (κ3) is 6.50. The lowest BCUT2D eigenvalue weighted by Gasteiger charge is -2.15. The lowest BCUT2D eigenvalue weighted by Crippen LogP contribution is -2.23. The molecule has 0 aromatic heterocycles. The van der Waals surface area contributed by atoms with Gasteiger partial charge >= 0.3 is 0 Å². The Morgan fingerprint density at radius 2 is 2.00 bits per heavy atom. The van der Waals surface area contributed by atoms with E-state index in [1.54, 1.807) is 0 Å². The van der Waals surface area contributed by atoms with Crippen molar-refractivity contribution in [3.63, 3.8) is 0 Å². The van der Waals surface area contributed by atoms with Crippen LogP contribution < -0.4 is 0 Å². The third-order valence-corrected chi connectivity index (χ3v) is 3.26. The number of unbranched alkanes of at least 4 members (excludes halogenated alkanes) is 2. The zero-order chi connectivity index (χ0) is 14.1. The smallest absolute Gasteiger partial charge is 0.164 e. The first-order chi connectivity index (χ1) is 9.13. The highest BCUT2D eigenvalue weighted by molar-refractivity contribution is 5.96. The molecule has 0 amide bonds. The van der Waals surface area contributed by atoms with E-state index in [-0.39, 0.29) is 12.4 Å². The van der Waals surface area contributed by atoms with Crippen molar-refractivity contribution in [3.05, 3.63) is 35.4 Å². The summed E-state index contributed by atoms with van der Waals surface area (Å²) in [5.41, 5.74) is 1.94. The fourth-order valence-electron chi connectivity index (χ4n) is 2.04. The summed E-state index contributed by atoms with van der Waals surface area (Å²) in [6.45, 7) is 4.06. The molecular weight excluding hydrogens is 238 g/mol. The molecule has 0 bridgehead atoms. The highest BCUT2D eigenvalue weighted by atomic mass is 16.2. The summed E-state index contributed by atoms with van der Waals surface area (Å²) in [6.07, 6.45) is 3.57. The Morgan fingerprint density at radius 1 is 1.21 bits per heavy atom. The van der Waals surface area contributed by atoms with E-state index in [9.17, 15) is 4.79 Å². The molecule has 0 saturated carbocycles. The Labute approximate surface area is 116 Å². The van der Waals surface area contributed by atoms with Gasteiger partial charge in [0.2, 0.25) is 0 Å². The second-order valence-electron chi connectivity index (χ2n) is 5.13. The van der Waals surface area contributed by atoms with E-state index in [0.717, 1.165) is 43.5 Å². The first-order valence-electron chi connectivity index (χ1n) is 7.02. The summed E-state index contributed by atoms with van der Waals surface area (Å²) in [5, 5.41) is 8.70. The van der Waals surface area contributed by atoms with E-state index >= 15 is 0 Å². The molecule has 0 atom stereocenters. The SMILES string of the molecule is Cc1cccc(C(=O)CCN(C)CCCCCO)c1. The van der Waals surface area contributed by atoms with Gasteiger partial charge in [-0.1, -0.05) is 23.8 Å². The topological polar surface area (TPSA) is 40.5 Å². The summed E-state index contributed by atoms with van der Waals surface area (Å²) in [6, 6.07) is 7.77. The third-order valence-electron chi connectivity index (χ3n) is 3.26. The van der Waals surface area contributed by atoms with Crippen molar-refractivity contribution in [2.75, 3.05) is 26.7 Å². The fraction of sp³-hybridized carbons (Fsp3) is 0.562. The maximum absolute atomic E-state index is 12.0. The maximum Gasteiger partial charge on any atom is 0.164 e. The van der Waals surface area contributed by atoms with Crippen molar-refractivity contribution in [2.45, 2.75) is 32.6 Å². The lowest BCUT2D eigenvalue weighted by atomic mass is 10.1. The average molecular weight is 263 g/mol. The molecule has 0 spiro atoms. The van der Waals surface area contributed by atoms with E-state index < -0.39 is 0 Å². The Balaban J connectivity index is 2.26. The molecule has 0 aliphatic rings.